The number of hydrogen-bond acceptors (Lipinski definition) is 7. The molecule has 9 nitrogen and oxygen atoms in total. The quantitative estimate of drug-likeness (QED) is 0.430. The summed E-state index contributed by atoms with van der Waals surface area (Å²) in [6.07, 6.45) is 9.45. The first-order valence-electron chi connectivity index (χ1n) is 12.6. The second kappa shape index (κ2) is 8.29. The third kappa shape index (κ3) is 3.59. The number of fused-ring (bicyclic) bond motifs is 5. The lowest BCUT2D eigenvalue weighted by molar-refractivity contribution is -0.393. The van der Waals surface area contributed by atoms with Crippen LogP contribution in [0.15, 0.2) is 23.3 Å². The molecule has 1 aromatic carbocycles. The van der Waals surface area contributed by atoms with Crippen LogP contribution in [-0.2, 0) is 0 Å². The summed E-state index contributed by atoms with van der Waals surface area (Å²) < 4.78 is 0. The zero-order valence-corrected chi connectivity index (χ0v) is 19.9. The molecular weight excluding hydrogens is 436 g/mol. The molecule has 34 heavy (non-hydrogen) atoms. The minimum atomic E-state index is -0.638. The molecular formula is C25H34N4O5. The van der Waals surface area contributed by atoms with Crippen molar-refractivity contribution in [3.63, 3.8) is 0 Å². The molecule has 7 atom stereocenters. The van der Waals surface area contributed by atoms with Crippen LogP contribution in [0.25, 0.3) is 0 Å². The van der Waals surface area contributed by atoms with E-state index >= 15 is 0 Å². The summed E-state index contributed by atoms with van der Waals surface area (Å²) in [5, 5.41) is 37.6. The van der Waals surface area contributed by atoms with E-state index in [1.54, 1.807) is 0 Å². The summed E-state index contributed by atoms with van der Waals surface area (Å²) in [5.41, 5.74) is 3.73. The van der Waals surface area contributed by atoms with Crippen LogP contribution in [0.5, 0.6) is 0 Å². The molecule has 2 N–H and O–H groups in total. The van der Waals surface area contributed by atoms with E-state index in [9.17, 15) is 25.3 Å². The number of aliphatic hydroxyl groups is 1. The van der Waals surface area contributed by atoms with Crippen molar-refractivity contribution in [3.8, 4) is 0 Å². The molecule has 5 rings (SSSR count). The number of hydrogen-bond donors (Lipinski definition) is 2. The average molecular weight is 471 g/mol. The third-order valence-electron chi connectivity index (χ3n) is 10.2. The van der Waals surface area contributed by atoms with Crippen molar-refractivity contribution in [1.82, 2.24) is 0 Å². The topological polar surface area (TPSA) is 131 Å². The number of aliphatic hydroxyl groups excluding tert-OH is 1. The van der Waals surface area contributed by atoms with E-state index in [1.165, 1.54) is 25.0 Å². The highest BCUT2D eigenvalue weighted by atomic mass is 16.6. The Balaban J connectivity index is 1.31. The van der Waals surface area contributed by atoms with Gasteiger partial charge in [-0.25, -0.2) is 0 Å². The largest absolute Gasteiger partial charge is 0.393 e. The summed E-state index contributed by atoms with van der Waals surface area (Å²) in [7, 11) is 0. The summed E-state index contributed by atoms with van der Waals surface area (Å²) in [4.78, 5) is 21.1. The molecule has 0 saturated heterocycles. The van der Waals surface area contributed by atoms with Crippen LogP contribution < -0.4 is 5.43 Å². The Morgan fingerprint density at radius 3 is 2.50 bits per heavy atom. The first-order chi connectivity index (χ1) is 16.1. The molecule has 1 aromatic rings. The summed E-state index contributed by atoms with van der Waals surface area (Å²) in [6, 6.07) is 3.58. The molecule has 4 aliphatic carbocycles. The maximum Gasteiger partial charge on any atom is 0.301 e. The highest BCUT2D eigenvalue weighted by Gasteiger charge is 2.59. The smallest absolute Gasteiger partial charge is 0.301 e. The number of nitro benzene ring substituents is 2. The van der Waals surface area contributed by atoms with Crippen molar-refractivity contribution in [3.05, 3.63) is 38.4 Å². The molecule has 0 radical (unpaired) electrons. The molecule has 0 bridgehead atoms. The minimum absolute atomic E-state index is 0.0923. The third-order valence-corrected chi connectivity index (χ3v) is 10.2. The van der Waals surface area contributed by atoms with Crippen LogP contribution in [0.1, 0.15) is 71.6 Å². The lowest BCUT2D eigenvalue weighted by Gasteiger charge is -2.60. The van der Waals surface area contributed by atoms with Gasteiger partial charge in [-0.2, -0.15) is 5.10 Å². The molecule has 0 aromatic heterocycles. The van der Waals surface area contributed by atoms with E-state index in [1.807, 2.05) is 0 Å². The second-order valence-corrected chi connectivity index (χ2v) is 11.5. The fourth-order valence-corrected chi connectivity index (χ4v) is 8.15. The highest BCUT2D eigenvalue weighted by molar-refractivity contribution is 5.86. The van der Waals surface area contributed by atoms with Gasteiger partial charge in [0.25, 0.3) is 5.69 Å². The van der Waals surface area contributed by atoms with Gasteiger partial charge in [0.2, 0.25) is 0 Å². The number of nitrogens with one attached hydrogen (secondary N) is 1. The van der Waals surface area contributed by atoms with Crippen LogP contribution >= 0.6 is 0 Å². The van der Waals surface area contributed by atoms with E-state index in [0.717, 1.165) is 56.7 Å². The summed E-state index contributed by atoms with van der Waals surface area (Å²) >= 11 is 0. The van der Waals surface area contributed by atoms with Gasteiger partial charge in [-0.1, -0.05) is 13.8 Å². The normalized spacial score (nSPS) is 40.2. The Bertz CT molecular complexity index is 1040. The Morgan fingerprint density at radius 2 is 1.76 bits per heavy atom. The lowest BCUT2D eigenvalue weighted by atomic mass is 9.45. The fraction of sp³-hybridized carbons (Fsp3) is 0.720. The SMILES string of the molecule is C[C@]12CC/C(=N/Nc3ccc([N+](=O)[O-])cc3[N+](=O)[O-])C[C@H]1CC[C@H]1[C@H]2CC[C@]2(C)[C@H](O)CC[C@H]12. The predicted octanol–water partition coefficient (Wildman–Crippen LogP) is 5.67. The van der Waals surface area contributed by atoms with Gasteiger partial charge in [0.05, 0.1) is 22.0 Å². The van der Waals surface area contributed by atoms with Crippen molar-refractivity contribution in [1.29, 1.82) is 0 Å². The van der Waals surface area contributed by atoms with E-state index in [2.05, 4.69) is 24.4 Å². The standard InChI is InChI=1S/C25H34N4O5/c1-24-11-9-16(26-27-21-7-4-17(28(31)32)14-22(21)29(33)34)13-15(24)3-5-18-19-6-8-23(30)25(19,2)12-10-20(18)24/h4,7,14-15,18-20,23,27,30H,3,5-6,8-13H2,1-2H3/b26-16-/t15-,18-,19-,20-,23-,24+,25+/m1/s1. The van der Waals surface area contributed by atoms with Gasteiger partial charge in [-0.3, -0.25) is 25.7 Å². The van der Waals surface area contributed by atoms with Gasteiger partial charge in [-0.05, 0) is 98.4 Å². The number of hydrazone groups is 1. The maximum absolute atomic E-state index is 11.4. The molecule has 0 amide bonds. The van der Waals surface area contributed by atoms with E-state index < -0.39 is 9.85 Å². The number of nitro groups is 2. The van der Waals surface area contributed by atoms with E-state index in [0.29, 0.717) is 23.7 Å². The first kappa shape index (κ1) is 23.2. The van der Waals surface area contributed by atoms with Gasteiger partial charge in [0.1, 0.15) is 5.69 Å². The van der Waals surface area contributed by atoms with Crippen molar-refractivity contribution in [2.45, 2.75) is 77.7 Å². The van der Waals surface area contributed by atoms with E-state index in [4.69, 9.17) is 0 Å². The van der Waals surface area contributed by atoms with Crippen LogP contribution in [0, 0.1) is 54.7 Å². The Hall–Kier alpha value is -2.55. The monoisotopic (exact) mass is 470 g/mol. The molecule has 4 fully saturated rings. The molecule has 0 aliphatic heterocycles. The minimum Gasteiger partial charge on any atom is -0.393 e. The van der Waals surface area contributed by atoms with Crippen molar-refractivity contribution >= 4 is 22.8 Å². The number of anilines is 1. The Kier molecular flexibility index (Phi) is 5.66. The van der Waals surface area contributed by atoms with Crippen molar-refractivity contribution in [2.75, 3.05) is 5.43 Å². The second-order valence-electron chi connectivity index (χ2n) is 11.5. The zero-order chi connectivity index (χ0) is 24.3. The van der Waals surface area contributed by atoms with Gasteiger partial charge >= 0.3 is 5.69 Å². The number of non-ortho nitro benzene ring substituents is 1. The molecule has 4 aliphatic rings. The fourth-order valence-electron chi connectivity index (χ4n) is 8.15. The number of rotatable bonds is 4. The zero-order valence-electron chi connectivity index (χ0n) is 19.9. The highest BCUT2D eigenvalue weighted by Crippen LogP contribution is 2.66. The van der Waals surface area contributed by atoms with Gasteiger partial charge < -0.3 is 5.11 Å². The van der Waals surface area contributed by atoms with E-state index in [-0.39, 0.29) is 34.0 Å². The van der Waals surface area contributed by atoms with Crippen LogP contribution in [-0.4, -0.2) is 26.8 Å². The maximum atomic E-state index is 11.4. The lowest BCUT2D eigenvalue weighted by Crippen LogP contribution is -2.54. The predicted molar refractivity (Wildman–Crippen MR) is 129 cm³/mol. The van der Waals surface area contributed by atoms with Crippen molar-refractivity contribution < 1.29 is 15.0 Å². The Morgan fingerprint density at radius 1 is 1.00 bits per heavy atom. The van der Waals surface area contributed by atoms with Crippen molar-refractivity contribution in [2.24, 2.45) is 39.6 Å². The van der Waals surface area contributed by atoms with Gasteiger partial charge in [0, 0.05) is 11.8 Å². The van der Waals surface area contributed by atoms with Crippen LogP contribution in [0.4, 0.5) is 17.1 Å². The number of nitrogens with zero attached hydrogens (tertiary/aromatic N) is 3. The Labute approximate surface area is 199 Å². The molecule has 0 unspecified atom stereocenters. The molecule has 184 valence electrons. The summed E-state index contributed by atoms with van der Waals surface area (Å²) in [5.74, 6) is 2.58. The molecule has 4 saturated carbocycles. The van der Waals surface area contributed by atoms with Crippen LogP contribution in [0.2, 0.25) is 0 Å². The first-order valence-corrected chi connectivity index (χ1v) is 12.6. The van der Waals surface area contributed by atoms with Gasteiger partial charge in [-0.15, -0.1) is 0 Å². The van der Waals surface area contributed by atoms with Crippen LogP contribution in [0.3, 0.4) is 0 Å². The summed E-state index contributed by atoms with van der Waals surface area (Å²) in [6.45, 7) is 4.78. The number of benzene rings is 1. The average Bonchev–Trinajstić information content (AvgIpc) is 3.11. The van der Waals surface area contributed by atoms with Gasteiger partial charge in [0.15, 0.2) is 0 Å². The molecule has 0 spiro atoms. The molecule has 9 heteroatoms. The molecule has 0 heterocycles.